The molecule has 0 bridgehead atoms. The van der Waals surface area contributed by atoms with Crippen molar-refractivity contribution in [1.29, 1.82) is 0 Å². The van der Waals surface area contributed by atoms with E-state index in [0.717, 1.165) is 5.56 Å². The summed E-state index contributed by atoms with van der Waals surface area (Å²) in [6.07, 6.45) is 2.39. The third kappa shape index (κ3) is 13.7. The lowest BCUT2D eigenvalue weighted by Crippen LogP contribution is -2.19. The van der Waals surface area contributed by atoms with Crippen molar-refractivity contribution in [2.45, 2.75) is 95.2 Å². The maximum Gasteiger partial charge on any atom is 0.306 e. The van der Waals surface area contributed by atoms with Crippen LogP contribution in [0.4, 0.5) is 0 Å². The van der Waals surface area contributed by atoms with Crippen LogP contribution in [0, 0.1) is 0 Å². The van der Waals surface area contributed by atoms with Crippen molar-refractivity contribution in [2.75, 3.05) is 6.54 Å². The summed E-state index contributed by atoms with van der Waals surface area (Å²) in [7, 11) is 0. The van der Waals surface area contributed by atoms with Gasteiger partial charge in [0.15, 0.2) is 0 Å². The van der Waals surface area contributed by atoms with Gasteiger partial charge < -0.3 is 30.9 Å². The topological polar surface area (TPSA) is 133 Å². The molecule has 0 amide bonds. The normalized spacial score (nSPS) is 15.4. The van der Waals surface area contributed by atoms with Crippen molar-refractivity contribution in [3.05, 3.63) is 35.9 Å². The molecule has 7 heteroatoms. The van der Waals surface area contributed by atoms with Gasteiger partial charge >= 0.3 is 5.97 Å². The van der Waals surface area contributed by atoms with Gasteiger partial charge in [-0.05, 0) is 69.9 Å². The highest BCUT2D eigenvalue weighted by molar-refractivity contribution is 5.69. The van der Waals surface area contributed by atoms with Crippen molar-refractivity contribution in [1.82, 2.24) is 0 Å². The second-order valence-corrected chi connectivity index (χ2v) is 7.96. The summed E-state index contributed by atoms with van der Waals surface area (Å²) in [6.45, 7) is 0.680. The van der Waals surface area contributed by atoms with E-state index in [2.05, 4.69) is 0 Å². The smallest absolute Gasteiger partial charge is 0.306 e. The first kappa shape index (κ1) is 26.5. The van der Waals surface area contributed by atoms with Gasteiger partial charge in [-0.25, -0.2) is 0 Å². The van der Waals surface area contributed by atoms with Gasteiger partial charge in [0.25, 0.3) is 0 Å². The highest BCUT2D eigenvalue weighted by atomic mass is 16.5. The van der Waals surface area contributed by atoms with Crippen molar-refractivity contribution < 1.29 is 30.0 Å². The molecule has 0 aliphatic heterocycles. The number of hydrogen-bond acceptors (Lipinski definition) is 7. The molecule has 1 aromatic rings. The Kier molecular flexibility index (Phi) is 14.3. The number of aliphatic hydroxyl groups excluding tert-OH is 4. The van der Waals surface area contributed by atoms with Gasteiger partial charge in [0.1, 0.15) is 6.61 Å². The fourth-order valence-corrected chi connectivity index (χ4v) is 3.22. The molecule has 30 heavy (non-hydrogen) atoms. The molecule has 172 valence electrons. The summed E-state index contributed by atoms with van der Waals surface area (Å²) in [4.78, 5) is 11.8. The first-order valence-electron chi connectivity index (χ1n) is 11.0. The van der Waals surface area contributed by atoms with Crippen LogP contribution in [0.2, 0.25) is 0 Å². The number of hydrogen-bond donors (Lipinski definition) is 5. The zero-order valence-corrected chi connectivity index (χ0v) is 17.9. The molecule has 0 aliphatic rings. The lowest BCUT2D eigenvalue weighted by Gasteiger charge is -2.17. The van der Waals surface area contributed by atoms with Crippen LogP contribution in [-0.2, 0) is 16.1 Å². The molecule has 0 aromatic heterocycles. The van der Waals surface area contributed by atoms with Gasteiger partial charge in [-0.1, -0.05) is 30.3 Å². The van der Waals surface area contributed by atoms with Crippen LogP contribution in [0.3, 0.4) is 0 Å². The monoisotopic (exact) mass is 425 g/mol. The predicted octanol–water partition coefficient (Wildman–Crippen LogP) is 2.03. The SMILES string of the molecule is NCCC(O)CCC(O)CCC(O)CCC(O)CCCC(=O)OCc1ccccc1. The molecule has 0 fully saturated rings. The van der Waals surface area contributed by atoms with Crippen molar-refractivity contribution >= 4 is 5.97 Å². The number of nitrogens with two attached hydrogens (primary N) is 1. The fourth-order valence-electron chi connectivity index (χ4n) is 3.22. The molecule has 4 atom stereocenters. The van der Waals surface area contributed by atoms with Crippen LogP contribution in [0.5, 0.6) is 0 Å². The summed E-state index contributed by atoms with van der Waals surface area (Å²) < 4.78 is 5.20. The van der Waals surface area contributed by atoms with E-state index in [1.807, 2.05) is 30.3 Å². The van der Waals surface area contributed by atoms with E-state index >= 15 is 0 Å². The minimum atomic E-state index is -0.584. The van der Waals surface area contributed by atoms with Crippen LogP contribution in [0.15, 0.2) is 30.3 Å². The Balaban J connectivity index is 2.04. The Labute approximate surface area is 179 Å². The van der Waals surface area contributed by atoms with E-state index in [4.69, 9.17) is 10.5 Å². The summed E-state index contributed by atoms with van der Waals surface area (Å²) in [6, 6.07) is 9.48. The second kappa shape index (κ2) is 16.2. The third-order valence-electron chi connectivity index (χ3n) is 5.16. The number of esters is 1. The third-order valence-corrected chi connectivity index (χ3v) is 5.16. The first-order chi connectivity index (χ1) is 14.4. The molecule has 1 aromatic carbocycles. The average Bonchev–Trinajstić information content (AvgIpc) is 2.74. The Morgan fingerprint density at radius 2 is 1.23 bits per heavy atom. The van der Waals surface area contributed by atoms with E-state index < -0.39 is 24.4 Å². The Bertz CT molecular complexity index is 556. The van der Waals surface area contributed by atoms with Gasteiger partial charge in [0, 0.05) is 6.42 Å². The van der Waals surface area contributed by atoms with E-state index in [1.54, 1.807) is 0 Å². The Hall–Kier alpha value is -1.51. The molecule has 0 aliphatic carbocycles. The standard InChI is InChI=1S/C23H39NO6/c24-16-15-22(28)14-13-21(27)12-11-20(26)10-9-19(25)7-4-8-23(29)30-17-18-5-2-1-3-6-18/h1-3,5-6,19-22,25-28H,4,7-17,24H2. The zero-order chi connectivity index (χ0) is 22.2. The number of carbonyl (C=O) groups is 1. The number of benzene rings is 1. The first-order valence-corrected chi connectivity index (χ1v) is 11.0. The molecular weight excluding hydrogens is 386 g/mol. The van der Waals surface area contributed by atoms with Crippen molar-refractivity contribution in [2.24, 2.45) is 5.73 Å². The van der Waals surface area contributed by atoms with Crippen LogP contribution < -0.4 is 5.73 Å². The van der Waals surface area contributed by atoms with E-state index in [1.165, 1.54) is 0 Å². The molecule has 0 spiro atoms. The number of ether oxygens (including phenoxy) is 1. The average molecular weight is 426 g/mol. The molecule has 0 saturated carbocycles. The Morgan fingerprint density at radius 1 is 0.767 bits per heavy atom. The summed E-state index contributed by atoms with van der Waals surface area (Å²) in [5, 5.41) is 39.6. The maximum absolute atomic E-state index is 11.8. The van der Waals surface area contributed by atoms with E-state index in [-0.39, 0.29) is 19.0 Å². The number of aliphatic hydroxyl groups is 4. The quantitative estimate of drug-likeness (QED) is 0.241. The van der Waals surface area contributed by atoms with Gasteiger partial charge in [0.05, 0.1) is 24.4 Å². The van der Waals surface area contributed by atoms with E-state index in [9.17, 15) is 25.2 Å². The minimum Gasteiger partial charge on any atom is -0.461 e. The van der Waals surface area contributed by atoms with Crippen LogP contribution >= 0.6 is 0 Å². The second-order valence-electron chi connectivity index (χ2n) is 7.96. The maximum atomic E-state index is 11.8. The van der Waals surface area contributed by atoms with Crippen LogP contribution in [0.1, 0.15) is 69.8 Å². The van der Waals surface area contributed by atoms with Gasteiger partial charge in [-0.15, -0.1) is 0 Å². The molecule has 1 rings (SSSR count). The molecule has 0 saturated heterocycles. The highest BCUT2D eigenvalue weighted by Crippen LogP contribution is 2.15. The summed E-state index contributed by atoms with van der Waals surface area (Å²) in [5.41, 5.74) is 6.32. The molecule has 0 radical (unpaired) electrons. The number of carbonyl (C=O) groups excluding carboxylic acids is 1. The van der Waals surface area contributed by atoms with Gasteiger partial charge in [-0.2, -0.15) is 0 Å². The fraction of sp³-hybridized carbons (Fsp3) is 0.696. The Morgan fingerprint density at radius 3 is 1.73 bits per heavy atom. The molecule has 0 heterocycles. The van der Waals surface area contributed by atoms with E-state index in [0.29, 0.717) is 64.3 Å². The van der Waals surface area contributed by atoms with Crippen LogP contribution in [-0.4, -0.2) is 57.4 Å². The molecular formula is C23H39NO6. The zero-order valence-electron chi connectivity index (χ0n) is 17.9. The molecule has 6 N–H and O–H groups in total. The largest absolute Gasteiger partial charge is 0.461 e. The summed E-state index contributed by atoms with van der Waals surface area (Å²) >= 11 is 0. The van der Waals surface area contributed by atoms with Gasteiger partial charge in [-0.3, -0.25) is 4.79 Å². The van der Waals surface area contributed by atoms with Crippen molar-refractivity contribution in [3.63, 3.8) is 0 Å². The van der Waals surface area contributed by atoms with Crippen molar-refractivity contribution in [3.8, 4) is 0 Å². The highest BCUT2D eigenvalue weighted by Gasteiger charge is 2.14. The molecule has 4 unspecified atom stereocenters. The predicted molar refractivity (Wildman–Crippen MR) is 115 cm³/mol. The lowest BCUT2D eigenvalue weighted by atomic mass is 9.99. The van der Waals surface area contributed by atoms with Gasteiger partial charge in [0.2, 0.25) is 0 Å². The lowest BCUT2D eigenvalue weighted by molar-refractivity contribution is -0.145. The molecule has 7 nitrogen and oxygen atoms in total. The minimum absolute atomic E-state index is 0.256. The van der Waals surface area contributed by atoms with Crippen LogP contribution in [0.25, 0.3) is 0 Å². The number of rotatable bonds is 17. The summed E-state index contributed by atoms with van der Waals surface area (Å²) in [5.74, 6) is -0.281.